The van der Waals surface area contributed by atoms with Crippen LogP contribution in [-0.2, 0) is 6.54 Å². The van der Waals surface area contributed by atoms with Crippen molar-refractivity contribution in [1.82, 2.24) is 15.2 Å². The van der Waals surface area contributed by atoms with Gasteiger partial charge in [-0.25, -0.2) is 4.98 Å². The molecule has 4 heteroatoms. The lowest BCUT2D eigenvalue weighted by molar-refractivity contribution is 0.102. The summed E-state index contributed by atoms with van der Waals surface area (Å²) in [5.41, 5.74) is 3.15. The number of nitrogens with zero attached hydrogens (tertiary/aromatic N) is 2. The maximum atomic E-state index is 4.41. The highest BCUT2D eigenvalue weighted by molar-refractivity contribution is 7.07. The van der Waals surface area contributed by atoms with E-state index in [1.807, 2.05) is 5.51 Å². The average Bonchev–Trinajstić information content (AvgIpc) is 2.81. The maximum absolute atomic E-state index is 4.41. The fourth-order valence-corrected chi connectivity index (χ4v) is 3.00. The van der Waals surface area contributed by atoms with Crippen molar-refractivity contribution < 1.29 is 0 Å². The van der Waals surface area contributed by atoms with Gasteiger partial charge in [0.1, 0.15) is 0 Å². The van der Waals surface area contributed by atoms with Gasteiger partial charge in [0.05, 0.1) is 11.2 Å². The van der Waals surface area contributed by atoms with Gasteiger partial charge in [-0.3, -0.25) is 4.90 Å². The maximum Gasteiger partial charge on any atom is 0.0795 e. The lowest BCUT2D eigenvalue weighted by Crippen LogP contribution is -2.57. The van der Waals surface area contributed by atoms with Crippen LogP contribution in [0.2, 0.25) is 0 Å². The van der Waals surface area contributed by atoms with Gasteiger partial charge in [0.25, 0.3) is 0 Å². The molecule has 2 unspecified atom stereocenters. The molecule has 2 atom stereocenters. The van der Waals surface area contributed by atoms with Crippen LogP contribution >= 0.6 is 11.3 Å². The first-order valence-electron chi connectivity index (χ1n) is 6.55. The van der Waals surface area contributed by atoms with Crippen molar-refractivity contribution in [2.24, 2.45) is 5.92 Å². The number of aromatic nitrogens is 1. The molecule has 2 heterocycles. The van der Waals surface area contributed by atoms with E-state index in [9.17, 15) is 0 Å². The zero-order valence-electron chi connectivity index (χ0n) is 11.0. The average molecular weight is 253 g/mol. The minimum absolute atomic E-state index is 0.622. The fourth-order valence-electron chi connectivity index (χ4n) is 2.45. The molecule has 0 spiro atoms. The number of nitrogens with one attached hydrogen (secondary N) is 1. The van der Waals surface area contributed by atoms with Crippen molar-refractivity contribution in [2.45, 2.75) is 45.8 Å². The molecule has 1 fully saturated rings. The Bertz CT molecular complexity index is 323. The Morgan fingerprint density at radius 2 is 2.41 bits per heavy atom. The second kappa shape index (κ2) is 5.94. The van der Waals surface area contributed by atoms with Crippen LogP contribution in [0.15, 0.2) is 10.9 Å². The van der Waals surface area contributed by atoms with Gasteiger partial charge in [-0.2, -0.15) is 0 Å². The molecular weight excluding hydrogens is 230 g/mol. The smallest absolute Gasteiger partial charge is 0.0795 e. The van der Waals surface area contributed by atoms with Crippen LogP contribution in [0.3, 0.4) is 0 Å². The Kier molecular flexibility index (Phi) is 4.54. The topological polar surface area (TPSA) is 28.2 Å². The lowest BCUT2D eigenvalue weighted by atomic mass is 9.98. The third-order valence-corrected chi connectivity index (χ3v) is 4.32. The Morgan fingerprint density at radius 1 is 1.59 bits per heavy atom. The van der Waals surface area contributed by atoms with Crippen LogP contribution in [0, 0.1) is 5.92 Å². The van der Waals surface area contributed by atoms with E-state index in [0.29, 0.717) is 18.0 Å². The Morgan fingerprint density at radius 3 is 3.00 bits per heavy atom. The van der Waals surface area contributed by atoms with Crippen LogP contribution in [0.5, 0.6) is 0 Å². The van der Waals surface area contributed by atoms with E-state index in [1.54, 1.807) is 11.3 Å². The molecule has 0 bridgehead atoms. The highest BCUT2D eigenvalue weighted by Crippen LogP contribution is 2.17. The van der Waals surface area contributed by atoms with Crippen molar-refractivity contribution >= 4 is 11.3 Å². The minimum Gasteiger partial charge on any atom is -0.311 e. The second-order valence-corrected chi connectivity index (χ2v) is 5.95. The van der Waals surface area contributed by atoms with E-state index in [0.717, 1.165) is 19.6 Å². The first-order valence-corrected chi connectivity index (χ1v) is 7.49. The normalized spacial score (nSPS) is 26.6. The summed E-state index contributed by atoms with van der Waals surface area (Å²) >= 11 is 1.69. The fraction of sp³-hybridized carbons (Fsp3) is 0.769. The van der Waals surface area contributed by atoms with Gasteiger partial charge in [0, 0.05) is 37.1 Å². The van der Waals surface area contributed by atoms with Crippen LogP contribution in [-0.4, -0.2) is 35.1 Å². The Hall–Kier alpha value is -0.450. The van der Waals surface area contributed by atoms with E-state index >= 15 is 0 Å². The van der Waals surface area contributed by atoms with Gasteiger partial charge in [0.15, 0.2) is 0 Å². The number of hydrogen-bond donors (Lipinski definition) is 1. The molecular formula is C13H23N3S. The van der Waals surface area contributed by atoms with Gasteiger partial charge in [0.2, 0.25) is 0 Å². The molecule has 2 rings (SSSR count). The summed E-state index contributed by atoms with van der Waals surface area (Å²) in [7, 11) is 0. The van der Waals surface area contributed by atoms with Crippen molar-refractivity contribution in [1.29, 1.82) is 0 Å². The summed E-state index contributed by atoms with van der Waals surface area (Å²) < 4.78 is 0. The summed E-state index contributed by atoms with van der Waals surface area (Å²) in [4.78, 5) is 7.00. The Labute approximate surface area is 108 Å². The summed E-state index contributed by atoms with van der Waals surface area (Å²) in [6.45, 7) is 10.1. The van der Waals surface area contributed by atoms with Gasteiger partial charge < -0.3 is 5.32 Å². The van der Waals surface area contributed by atoms with Crippen LogP contribution in [0.4, 0.5) is 0 Å². The molecule has 0 saturated carbocycles. The predicted octanol–water partition coefficient (Wildman–Crippen LogP) is 2.35. The molecule has 1 saturated heterocycles. The zero-order valence-corrected chi connectivity index (χ0v) is 11.8. The SMILES string of the molecule is CCC1CNC(C(C)C)CN1Cc1cscn1. The Balaban J connectivity index is 1.99. The highest BCUT2D eigenvalue weighted by Gasteiger charge is 2.28. The van der Waals surface area contributed by atoms with Gasteiger partial charge in [-0.1, -0.05) is 20.8 Å². The summed E-state index contributed by atoms with van der Waals surface area (Å²) in [5.74, 6) is 0.700. The molecule has 1 aliphatic heterocycles. The van der Waals surface area contributed by atoms with Gasteiger partial charge in [-0.05, 0) is 12.3 Å². The van der Waals surface area contributed by atoms with Gasteiger partial charge >= 0.3 is 0 Å². The number of thiazole rings is 1. The lowest BCUT2D eigenvalue weighted by Gasteiger charge is -2.41. The van der Waals surface area contributed by atoms with E-state index < -0.39 is 0 Å². The molecule has 17 heavy (non-hydrogen) atoms. The molecule has 0 aliphatic carbocycles. The van der Waals surface area contributed by atoms with Crippen molar-refractivity contribution in [3.05, 3.63) is 16.6 Å². The molecule has 1 aromatic heterocycles. The molecule has 0 aromatic carbocycles. The number of piperazine rings is 1. The van der Waals surface area contributed by atoms with Crippen LogP contribution in [0.1, 0.15) is 32.9 Å². The van der Waals surface area contributed by atoms with Crippen molar-refractivity contribution in [3.63, 3.8) is 0 Å². The summed E-state index contributed by atoms with van der Waals surface area (Å²) in [6, 6.07) is 1.28. The minimum atomic E-state index is 0.622. The first-order chi connectivity index (χ1) is 8.20. The largest absolute Gasteiger partial charge is 0.311 e. The van der Waals surface area contributed by atoms with E-state index in [-0.39, 0.29) is 0 Å². The van der Waals surface area contributed by atoms with Crippen molar-refractivity contribution in [2.75, 3.05) is 13.1 Å². The third-order valence-electron chi connectivity index (χ3n) is 3.69. The zero-order chi connectivity index (χ0) is 12.3. The number of rotatable bonds is 4. The van der Waals surface area contributed by atoms with Crippen LogP contribution in [0.25, 0.3) is 0 Å². The van der Waals surface area contributed by atoms with E-state index in [4.69, 9.17) is 0 Å². The quantitative estimate of drug-likeness (QED) is 0.893. The first kappa shape index (κ1) is 13.0. The molecule has 0 radical (unpaired) electrons. The summed E-state index contributed by atoms with van der Waals surface area (Å²) in [6.07, 6.45) is 1.21. The molecule has 1 aliphatic rings. The van der Waals surface area contributed by atoms with Gasteiger partial charge in [-0.15, -0.1) is 11.3 Å². The monoisotopic (exact) mass is 253 g/mol. The van der Waals surface area contributed by atoms with E-state index in [1.165, 1.54) is 12.1 Å². The van der Waals surface area contributed by atoms with Crippen LogP contribution < -0.4 is 5.32 Å². The van der Waals surface area contributed by atoms with Crippen molar-refractivity contribution in [3.8, 4) is 0 Å². The number of hydrogen-bond acceptors (Lipinski definition) is 4. The second-order valence-electron chi connectivity index (χ2n) is 5.23. The molecule has 1 N–H and O–H groups in total. The third kappa shape index (κ3) is 3.27. The van der Waals surface area contributed by atoms with E-state index in [2.05, 4.69) is 41.4 Å². The standard InChI is InChI=1S/C13H23N3S/c1-4-12-5-14-13(10(2)3)7-16(12)6-11-8-17-9-15-11/h8-10,12-14H,4-7H2,1-3H3. The molecule has 0 amide bonds. The summed E-state index contributed by atoms with van der Waals surface area (Å²) in [5, 5.41) is 5.84. The molecule has 1 aromatic rings. The molecule has 3 nitrogen and oxygen atoms in total. The predicted molar refractivity (Wildman–Crippen MR) is 73.2 cm³/mol. The highest BCUT2D eigenvalue weighted by atomic mass is 32.1. The molecule has 96 valence electrons.